The van der Waals surface area contributed by atoms with Gasteiger partial charge in [0.15, 0.2) is 5.78 Å². The van der Waals surface area contributed by atoms with Crippen LogP contribution in [-0.2, 0) is 20.7 Å². The number of nitrogens with zero attached hydrogens (tertiary/aromatic N) is 3. The summed E-state index contributed by atoms with van der Waals surface area (Å²) in [5.74, 6) is -0.456. The number of carbonyl (C=O) groups is 3. The molecule has 0 spiro atoms. The van der Waals surface area contributed by atoms with Crippen LogP contribution in [0.5, 0.6) is 5.75 Å². The van der Waals surface area contributed by atoms with Crippen LogP contribution in [0.3, 0.4) is 0 Å². The maximum atomic E-state index is 13.4. The Morgan fingerprint density at radius 3 is 2.31 bits per heavy atom. The highest BCUT2D eigenvalue weighted by atomic mass is 16.6. The summed E-state index contributed by atoms with van der Waals surface area (Å²) in [5.41, 5.74) is 15.2. The van der Waals surface area contributed by atoms with Crippen LogP contribution in [0.4, 0.5) is 4.79 Å². The third kappa shape index (κ3) is 11.0. The van der Waals surface area contributed by atoms with Crippen LogP contribution in [0.1, 0.15) is 43.6 Å². The van der Waals surface area contributed by atoms with Crippen molar-refractivity contribution in [3.05, 3.63) is 76.2 Å². The number of para-hydroxylation sites is 1. The second-order valence-electron chi connectivity index (χ2n) is 9.68. The van der Waals surface area contributed by atoms with E-state index < -0.39 is 35.7 Å². The second-order valence-corrected chi connectivity index (χ2v) is 9.68. The van der Waals surface area contributed by atoms with Crippen LogP contribution in [0.25, 0.3) is 10.4 Å². The molecule has 12 heteroatoms. The first kappa shape index (κ1) is 31.1. The van der Waals surface area contributed by atoms with Gasteiger partial charge in [0.1, 0.15) is 17.4 Å². The Labute approximate surface area is 227 Å². The van der Waals surface area contributed by atoms with E-state index in [2.05, 4.69) is 20.7 Å². The molecule has 2 rings (SSSR count). The minimum Gasteiger partial charge on any atom is -0.492 e. The SMILES string of the molecule is CC(=O)c1ccccc1OC[C@@H](N=[N+]=[N-])[C@H](Cc1ccccc1)NC(=O)[C@H](COCN)NC(=O)OC(C)(C)C. The van der Waals surface area contributed by atoms with Crippen molar-refractivity contribution in [2.24, 2.45) is 10.8 Å². The minimum absolute atomic E-state index is 0.129. The van der Waals surface area contributed by atoms with Crippen LogP contribution in [-0.4, -0.2) is 61.5 Å². The molecular formula is C27H36N6O6. The number of nitrogens with one attached hydrogen (secondary N) is 2. The van der Waals surface area contributed by atoms with Crippen molar-refractivity contribution in [1.82, 2.24) is 10.6 Å². The summed E-state index contributed by atoms with van der Waals surface area (Å²) in [5, 5.41) is 9.25. The van der Waals surface area contributed by atoms with Gasteiger partial charge < -0.3 is 30.6 Å². The summed E-state index contributed by atoms with van der Waals surface area (Å²) in [7, 11) is 0. The lowest BCUT2D eigenvalue weighted by molar-refractivity contribution is -0.125. The molecule has 0 aromatic heterocycles. The monoisotopic (exact) mass is 540 g/mol. The predicted molar refractivity (Wildman–Crippen MR) is 145 cm³/mol. The molecule has 210 valence electrons. The molecule has 0 aliphatic carbocycles. The van der Waals surface area contributed by atoms with Crippen molar-refractivity contribution in [2.75, 3.05) is 19.9 Å². The number of azide groups is 1. The smallest absolute Gasteiger partial charge is 0.408 e. The molecule has 2 aromatic carbocycles. The molecule has 3 atom stereocenters. The van der Waals surface area contributed by atoms with Crippen molar-refractivity contribution < 1.29 is 28.6 Å². The number of benzene rings is 2. The number of alkyl carbamates (subject to hydrolysis) is 1. The molecule has 2 amide bonds. The van der Waals surface area contributed by atoms with Gasteiger partial charge in [0.25, 0.3) is 0 Å². The lowest BCUT2D eigenvalue weighted by atomic mass is 9.99. The van der Waals surface area contributed by atoms with E-state index in [0.29, 0.717) is 11.3 Å². The van der Waals surface area contributed by atoms with Gasteiger partial charge in [-0.2, -0.15) is 0 Å². The van der Waals surface area contributed by atoms with Gasteiger partial charge in [0.05, 0.1) is 31.5 Å². The quantitative estimate of drug-likeness (QED) is 0.108. The average molecular weight is 541 g/mol. The van der Waals surface area contributed by atoms with Crippen LogP contribution >= 0.6 is 0 Å². The van der Waals surface area contributed by atoms with Gasteiger partial charge in [-0.3, -0.25) is 9.59 Å². The van der Waals surface area contributed by atoms with E-state index >= 15 is 0 Å². The number of Topliss-reactive ketones (excluding diaryl/α,β-unsaturated/α-hetero) is 1. The van der Waals surface area contributed by atoms with E-state index in [0.717, 1.165) is 5.56 Å². The van der Waals surface area contributed by atoms with Crippen LogP contribution < -0.4 is 21.1 Å². The Morgan fingerprint density at radius 2 is 1.69 bits per heavy atom. The summed E-state index contributed by atoms with van der Waals surface area (Å²) >= 11 is 0. The standard InChI is InChI=1S/C27H36N6O6/c1-18(34)20-12-8-9-13-24(20)38-16-22(32-33-29)21(14-19-10-6-5-7-11-19)30-25(35)23(15-37-17-28)31-26(36)39-27(2,3)4/h5-13,21-23H,14-17,28H2,1-4H3,(H,30,35)(H,31,36)/t21-,22+,23-/m0/s1. The molecule has 0 fully saturated rings. The number of carbonyl (C=O) groups excluding carboxylic acids is 3. The first-order chi connectivity index (χ1) is 18.5. The van der Waals surface area contributed by atoms with E-state index in [1.54, 1.807) is 45.0 Å². The zero-order chi connectivity index (χ0) is 28.8. The number of hydrogen-bond acceptors (Lipinski definition) is 8. The third-order valence-electron chi connectivity index (χ3n) is 5.38. The highest BCUT2D eigenvalue weighted by Crippen LogP contribution is 2.20. The summed E-state index contributed by atoms with van der Waals surface area (Å²) < 4.78 is 16.4. The number of amides is 2. The van der Waals surface area contributed by atoms with Gasteiger partial charge in [0, 0.05) is 11.0 Å². The van der Waals surface area contributed by atoms with Gasteiger partial charge in [-0.05, 0) is 57.3 Å². The van der Waals surface area contributed by atoms with Crippen molar-refractivity contribution in [3.8, 4) is 5.75 Å². The first-order valence-corrected chi connectivity index (χ1v) is 12.4. The van der Waals surface area contributed by atoms with Crippen molar-refractivity contribution in [2.45, 2.75) is 57.8 Å². The molecule has 0 bridgehead atoms. The maximum Gasteiger partial charge on any atom is 0.408 e. The van der Waals surface area contributed by atoms with Crippen LogP contribution in [0, 0.1) is 0 Å². The zero-order valence-electron chi connectivity index (χ0n) is 22.6. The molecule has 4 N–H and O–H groups in total. The van der Waals surface area contributed by atoms with E-state index in [1.165, 1.54) is 6.92 Å². The zero-order valence-corrected chi connectivity index (χ0v) is 22.6. The Hall–Kier alpha value is -4.12. The Morgan fingerprint density at radius 1 is 1.03 bits per heavy atom. The topological polar surface area (TPSA) is 178 Å². The Kier molecular flexibility index (Phi) is 12.2. The molecule has 0 aliphatic rings. The van der Waals surface area contributed by atoms with Gasteiger partial charge in [-0.1, -0.05) is 47.6 Å². The number of ether oxygens (including phenoxy) is 3. The fourth-order valence-electron chi connectivity index (χ4n) is 3.61. The van der Waals surface area contributed by atoms with E-state index in [4.69, 9.17) is 19.9 Å². The third-order valence-corrected chi connectivity index (χ3v) is 5.38. The minimum atomic E-state index is -1.15. The molecule has 39 heavy (non-hydrogen) atoms. The molecule has 0 heterocycles. The second kappa shape index (κ2) is 15.3. The summed E-state index contributed by atoms with van der Waals surface area (Å²) in [4.78, 5) is 40.7. The lowest BCUT2D eigenvalue weighted by Gasteiger charge is -2.28. The van der Waals surface area contributed by atoms with Gasteiger partial charge in [-0.15, -0.1) is 0 Å². The Bertz CT molecular complexity index is 1150. The lowest BCUT2D eigenvalue weighted by Crippen LogP contribution is -2.55. The van der Waals surface area contributed by atoms with Gasteiger partial charge in [-0.25, -0.2) is 4.79 Å². The largest absolute Gasteiger partial charge is 0.492 e. The fourth-order valence-corrected chi connectivity index (χ4v) is 3.61. The highest BCUT2D eigenvalue weighted by molar-refractivity contribution is 5.96. The molecule has 0 unspecified atom stereocenters. The van der Waals surface area contributed by atoms with Crippen molar-refractivity contribution >= 4 is 17.8 Å². The summed E-state index contributed by atoms with van der Waals surface area (Å²) in [6.45, 7) is 6.00. The highest BCUT2D eigenvalue weighted by Gasteiger charge is 2.30. The molecule has 0 saturated heterocycles. The molecule has 2 aromatic rings. The summed E-state index contributed by atoms with van der Waals surface area (Å²) in [6.07, 6.45) is -0.524. The molecule has 0 radical (unpaired) electrons. The normalized spacial score (nSPS) is 13.3. The van der Waals surface area contributed by atoms with Crippen molar-refractivity contribution in [3.63, 3.8) is 0 Å². The van der Waals surface area contributed by atoms with Crippen LogP contribution in [0.15, 0.2) is 59.7 Å². The number of ketones is 1. The molecule has 0 saturated carbocycles. The maximum absolute atomic E-state index is 13.4. The number of rotatable bonds is 14. The summed E-state index contributed by atoms with van der Waals surface area (Å²) in [6, 6.07) is 13.2. The van der Waals surface area contributed by atoms with Gasteiger partial charge >= 0.3 is 6.09 Å². The predicted octanol–water partition coefficient (Wildman–Crippen LogP) is 3.50. The van der Waals surface area contributed by atoms with E-state index in [-0.39, 0.29) is 32.1 Å². The number of nitrogens with two attached hydrogens (primary N) is 1. The molecule has 12 nitrogen and oxygen atoms in total. The van der Waals surface area contributed by atoms with E-state index in [9.17, 15) is 19.9 Å². The molecular weight excluding hydrogens is 504 g/mol. The fraction of sp³-hybridized carbons (Fsp3) is 0.444. The number of hydrogen-bond donors (Lipinski definition) is 3. The van der Waals surface area contributed by atoms with Crippen molar-refractivity contribution in [1.29, 1.82) is 0 Å². The average Bonchev–Trinajstić information content (AvgIpc) is 2.88. The van der Waals surface area contributed by atoms with Crippen LogP contribution in [0.2, 0.25) is 0 Å². The molecule has 0 aliphatic heterocycles. The first-order valence-electron chi connectivity index (χ1n) is 12.4. The Balaban J connectivity index is 2.31. The van der Waals surface area contributed by atoms with E-state index in [1.807, 2.05) is 30.3 Å². The van der Waals surface area contributed by atoms with Gasteiger partial charge in [0.2, 0.25) is 5.91 Å².